The van der Waals surface area contributed by atoms with Gasteiger partial charge in [0.05, 0.1) is 12.1 Å². The van der Waals surface area contributed by atoms with E-state index < -0.39 is 0 Å². The van der Waals surface area contributed by atoms with Crippen LogP contribution < -0.4 is 16.0 Å². The summed E-state index contributed by atoms with van der Waals surface area (Å²) in [6, 6.07) is -0.176. The second kappa shape index (κ2) is 7.48. The highest BCUT2D eigenvalue weighted by Crippen LogP contribution is 2.18. The largest absolute Gasteiger partial charge is 0.352 e. The Balaban J connectivity index is 2.29. The van der Waals surface area contributed by atoms with Crippen molar-refractivity contribution in [1.29, 1.82) is 0 Å². The molecule has 1 aliphatic carbocycles. The van der Waals surface area contributed by atoms with E-state index in [9.17, 15) is 9.59 Å². The normalized spacial score (nSPS) is 19.4. The predicted octanol–water partition coefficient (Wildman–Crippen LogP) is 0.936. The second-order valence-electron chi connectivity index (χ2n) is 5.59. The second-order valence-corrected chi connectivity index (χ2v) is 5.59. The van der Waals surface area contributed by atoms with E-state index in [0.717, 1.165) is 25.7 Å². The number of hydrogen-bond donors (Lipinski definition) is 3. The van der Waals surface area contributed by atoms with Crippen molar-refractivity contribution in [2.75, 3.05) is 0 Å². The smallest absolute Gasteiger partial charge is 0.237 e. The van der Waals surface area contributed by atoms with Crippen LogP contribution in [0.4, 0.5) is 0 Å². The van der Waals surface area contributed by atoms with Gasteiger partial charge in [0.2, 0.25) is 11.8 Å². The van der Waals surface area contributed by atoms with Crippen LogP contribution in [0.3, 0.4) is 0 Å². The maximum Gasteiger partial charge on any atom is 0.237 e. The average molecular weight is 269 g/mol. The van der Waals surface area contributed by atoms with Crippen LogP contribution in [0.2, 0.25) is 0 Å². The van der Waals surface area contributed by atoms with E-state index in [1.165, 1.54) is 0 Å². The van der Waals surface area contributed by atoms with Crippen molar-refractivity contribution >= 4 is 11.8 Å². The third-order valence-electron chi connectivity index (χ3n) is 3.32. The molecule has 3 unspecified atom stereocenters. The molecule has 0 aromatic heterocycles. The molecule has 2 amide bonds. The highest BCUT2D eigenvalue weighted by molar-refractivity contribution is 5.85. The molecule has 19 heavy (non-hydrogen) atoms. The number of hydrogen-bond acceptors (Lipinski definition) is 3. The van der Waals surface area contributed by atoms with Crippen LogP contribution >= 0.6 is 0 Å². The van der Waals surface area contributed by atoms with Gasteiger partial charge in [-0.1, -0.05) is 13.3 Å². The van der Waals surface area contributed by atoms with E-state index in [1.54, 1.807) is 13.8 Å². The van der Waals surface area contributed by atoms with Crippen molar-refractivity contribution in [2.45, 2.75) is 77.5 Å². The minimum atomic E-state index is -0.362. The Morgan fingerprint density at radius 2 is 1.68 bits per heavy atom. The molecule has 110 valence electrons. The number of amides is 2. The Kier molecular flexibility index (Phi) is 6.28. The Morgan fingerprint density at radius 1 is 1.11 bits per heavy atom. The van der Waals surface area contributed by atoms with Gasteiger partial charge in [0.1, 0.15) is 0 Å². The summed E-state index contributed by atoms with van der Waals surface area (Å²) in [5.41, 5.74) is 0. The first-order valence-electron chi connectivity index (χ1n) is 7.30. The fraction of sp³-hybridized carbons (Fsp3) is 0.857. The first kappa shape index (κ1) is 16.0. The summed E-state index contributed by atoms with van der Waals surface area (Å²) >= 11 is 0. The molecule has 0 heterocycles. The number of carbonyl (C=O) groups is 2. The lowest BCUT2D eigenvalue weighted by molar-refractivity contribution is -0.125. The summed E-state index contributed by atoms with van der Waals surface area (Å²) in [6.07, 6.45) is 4.16. The fourth-order valence-corrected chi connectivity index (χ4v) is 1.95. The van der Waals surface area contributed by atoms with Crippen LogP contribution in [0.1, 0.15) is 53.4 Å². The summed E-state index contributed by atoms with van der Waals surface area (Å²) in [5.74, 6) is -0.0734. The van der Waals surface area contributed by atoms with E-state index >= 15 is 0 Å². The van der Waals surface area contributed by atoms with E-state index in [0.29, 0.717) is 6.04 Å². The van der Waals surface area contributed by atoms with Gasteiger partial charge in [0.25, 0.3) is 0 Å². The molecule has 3 atom stereocenters. The molecule has 1 aliphatic rings. The van der Waals surface area contributed by atoms with Crippen molar-refractivity contribution < 1.29 is 9.59 Å². The lowest BCUT2D eigenvalue weighted by Gasteiger charge is -2.21. The van der Waals surface area contributed by atoms with Gasteiger partial charge in [-0.25, -0.2) is 0 Å². The van der Waals surface area contributed by atoms with Crippen LogP contribution in [-0.4, -0.2) is 36.0 Å². The van der Waals surface area contributed by atoms with Gasteiger partial charge in [-0.15, -0.1) is 0 Å². The fourth-order valence-electron chi connectivity index (χ4n) is 1.95. The minimum Gasteiger partial charge on any atom is -0.352 e. The van der Waals surface area contributed by atoms with Crippen LogP contribution in [0, 0.1) is 0 Å². The quantitative estimate of drug-likeness (QED) is 0.614. The molecular weight excluding hydrogens is 242 g/mol. The van der Waals surface area contributed by atoms with E-state index in [1.807, 2.05) is 6.92 Å². The Hall–Kier alpha value is -1.10. The minimum absolute atomic E-state index is 0.0243. The SMILES string of the molecule is CCCC(C)NC(=O)C(C)NC(C)C(=O)NC1CC1. The van der Waals surface area contributed by atoms with Crippen molar-refractivity contribution in [3.63, 3.8) is 0 Å². The topological polar surface area (TPSA) is 70.2 Å². The third kappa shape index (κ3) is 6.05. The monoisotopic (exact) mass is 269 g/mol. The molecule has 1 rings (SSSR count). The Bertz CT molecular complexity index is 316. The van der Waals surface area contributed by atoms with Gasteiger partial charge in [-0.3, -0.25) is 14.9 Å². The van der Waals surface area contributed by atoms with Gasteiger partial charge in [-0.2, -0.15) is 0 Å². The maximum absolute atomic E-state index is 11.9. The van der Waals surface area contributed by atoms with Crippen LogP contribution in [0.15, 0.2) is 0 Å². The lowest BCUT2D eigenvalue weighted by Crippen LogP contribution is -2.52. The molecule has 0 aliphatic heterocycles. The first-order chi connectivity index (χ1) is 8.93. The first-order valence-corrected chi connectivity index (χ1v) is 7.30. The standard InChI is InChI=1S/C14H27N3O2/c1-5-6-9(2)15-13(18)10(3)16-11(4)14(19)17-12-7-8-12/h9-12,16H,5-8H2,1-4H3,(H,15,18)(H,17,19). The van der Waals surface area contributed by atoms with Gasteiger partial charge >= 0.3 is 0 Å². The van der Waals surface area contributed by atoms with Gasteiger partial charge in [-0.05, 0) is 40.0 Å². The highest BCUT2D eigenvalue weighted by atomic mass is 16.2. The van der Waals surface area contributed by atoms with Gasteiger partial charge in [0.15, 0.2) is 0 Å². The van der Waals surface area contributed by atoms with Crippen LogP contribution in [-0.2, 0) is 9.59 Å². The van der Waals surface area contributed by atoms with Gasteiger partial charge in [0, 0.05) is 12.1 Å². The highest BCUT2D eigenvalue weighted by Gasteiger charge is 2.27. The van der Waals surface area contributed by atoms with Crippen molar-refractivity contribution in [2.24, 2.45) is 0 Å². The molecule has 0 aromatic rings. The summed E-state index contributed by atoms with van der Waals surface area (Å²) < 4.78 is 0. The van der Waals surface area contributed by atoms with Crippen LogP contribution in [0.5, 0.6) is 0 Å². The van der Waals surface area contributed by atoms with E-state index in [4.69, 9.17) is 0 Å². The zero-order chi connectivity index (χ0) is 14.4. The van der Waals surface area contributed by atoms with Crippen molar-refractivity contribution in [3.8, 4) is 0 Å². The van der Waals surface area contributed by atoms with E-state index in [-0.39, 0.29) is 29.9 Å². The number of rotatable bonds is 8. The van der Waals surface area contributed by atoms with E-state index in [2.05, 4.69) is 22.9 Å². The third-order valence-corrected chi connectivity index (χ3v) is 3.32. The van der Waals surface area contributed by atoms with Crippen LogP contribution in [0.25, 0.3) is 0 Å². The maximum atomic E-state index is 11.9. The molecule has 5 nitrogen and oxygen atoms in total. The summed E-state index contributed by atoms with van der Waals surface area (Å²) in [5, 5.41) is 8.91. The molecule has 1 fully saturated rings. The summed E-state index contributed by atoms with van der Waals surface area (Å²) in [6.45, 7) is 7.66. The summed E-state index contributed by atoms with van der Waals surface area (Å²) in [7, 11) is 0. The predicted molar refractivity (Wildman–Crippen MR) is 75.7 cm³/mol. The molecular formula is C14H27N3O2. The molecule has 3 N–H and O–H groups in total. The molecule has 0 spiro atoms. The zero-order valence-corrected chi connectivity index (χ0v) is 12.5. The van der Waals surface area contributed by atoms with Gasteiger partial charge < -0.3 is 10.6 Å². The number of carbonyl (C=O) groups excluding carboxylic acids is 2. The van der Waals surface area contributed by atoms with Crippen molar-refractivity contribution in [1.82, 2.24) is 16.0 Å². The lowest BCUT2D eigenvalue weighted by atomic mass is 10.1. The molecule has 0 bridgehead atoms. The number of nitrogens with one attached hydrogen (secondary N) is 3. The molecule has 0 aromatic carbocycles. The zero-order valence-electron chi connectivity index (χ0n) is 12.5. The Morgan fingerprint density at radius 3 is 2.21 bits per heavy atom. The Labute approximate surface area is 115 Å². The molecule has 1 saturated carbocycles. The molecule has 0 saturated heterocycles. The average Bonchev–Trinajstić information content (AvgIpc) is 3.12. The molecule has 5 heteroatoms. The van der Waals surface area contributed by atoms with Crippen molar-refractivity contribution in [3.05, 3.63) is 0 Å². The molecule has 0 radical (unpaired) electrons. The summed E-state index contributed by atoms with van der Waals surface area (Å²) in [4.78, 5) is 23.7.